The van der Waals surface area contributed by atoms with Crippen molar-refractivity contribution in [3.8, 4) is 0 Å². The maximum absolute atomic E-state index is 6.26. The van der Waals surface area contributed by atoms with Crippen molar-refractivity contribution in [3.05, 3.63) is 28.8 Å². The van der Waals surface area contributed by atoms with E-state index >= 15 is 0 Å². The average molecular weight is 248 g/mol. The zero-order valence-corrected chi connectivity index (χ0v) is 10.7. The molecule has 0 amide bonds. The summed E-state index contributed by atoms with van der Waals surface area (Å²) in [6.07, 6.45) is 5.92. The minimum Gasteiger partial charge on any atom is -0.383 e. The molecule has 1 aliphatic heterocycles. The topological polar surface area (TPSA) is 12.0 Å². The molecule has 2 fully saturated rings. The molecule has 2 aliphatic carbocycles. The smallest absolute Gasteiger partial charge is 0.0640 e. The fourth-order valence-corrected chi connectivity index (χ4v) is 4.78. The van der Waals surface area contributed by atoms with Gasteiger partial charge in [-0.05, 0) is 48.6 Å². The third-order valence-corrected chi connectivity index (χ3v) is 5.57. The molecule has 2 bridgehead atoms. The first-order valence-corrected chi connectivity index (χ1v) is 7.23. The summed E-state index contributed by atoms with van der Waals surface area (Å²) in [5.74, 6) is 3.67. The summed E-state index contributed by atoms with van der Waals surface area (Å²) in [6, 6.07) is 6.38. The Morgan fingerprint density at radius 3 is 2.88 bits per heavy atom. The molecule has 90 valence electrons. The number of para-hydroxylation sites is 1. The number of hydrogen-bond donors (Lipinski definition) is 1. The van der Waals surface area contributed by atoms with Crippen LogP contribution in [0.2, 0.25) is 5.02 Å². The lowest BCUT2D eigenvalue weighted by Gasteiger charge is -2.27. The standard InChI is InChI=1S/C15H18ClN/c16-14-3-1-2-11-13(8-17-15(11)14)12-7-9-4-5-10(12)6-9/h1-3,9-10,12-13,17H,4-8H2. The molecule has 1 heterocycles. The second kappa shape index (κ2) is 3.65. The minimum atomic E-state index is 0.721. The number of fused-ring (bicyclic) bond motifs is 3. The van der Waals surface area contributed by atoms with Crippen LogP contribution in [0.5, 0.6) is 0 Å². The van der Waals surface area contributed by atoms with Crippen LogP contribution in [0, 0.1) is 17.8 Å². The van der Waals surface area contributed by atoms with Gasteiger partial charge in [-0.1, -0.05) is 30.2 Å². The van der Waals surface area contributed by atoms with Crippen molar-refractivity contribution in [2.45, 2.75) is 31.6 Å². The van der Waals surface area contributed by atoms with E-state index in [2.05, 4.69) is 17.4 Å². The second-order valence-corrected chi connectivity index (χ2v) is 6.44. The highest BCUT2D eigenvalue weighted by atomic mass is 35.5. The highest BCUT2D eigenvalue weighted by Gasteiger charge is 2.45. The highest BCUT2D eigenvalue weighted by Crippen LogP contribution is 2.55. The first-order chi connectivity index (χ1) is 8.33. The van der Waals surface area contributed by atoms with Crippen LogP contribution in [0.15, 0.2) is 18.2 Å². The normalized spacial score (nSPS) is 38.2. The minimum absolute atomic E-state index is 0.721. The lowest BCUT2D eigenvalue weighted by Crippen LogP contribution is -2.20. The van der Waals surface area contributed by atoms with Gasteiger partial charge >= 0.3 is 0 Å². The van der Waals surface area contributed by atoms with E-state index in [0.717, 1.165) is 35.2 Å². The second-order valence-electron chi connectivity index (χ2n) is 6.03. The van der Waals surface area contributed by atoms with E-state index < -0.39 is 0 Å². The Kier molecular flexibility index (Phi) is 2.20. The number of anilines is 1. The van der Waals surface area contributed by atoms with Crippen molar-refractivity contribution >= 4 is 17.3 Å². The first kappa shape index (κ1) is 10.3. The van der Waals surface area contributed by atoms with E-state index in [1.165, 1.54) is 36.9 Å². The average Bonchev–Trinajstić information content (AvgIpc) is 3.03. The maximum Gasteiger partial charge on any atom is 0.0640 e. The lowest BCUT2D eigenvalue weighted by molar-refractivity contribution is 0.292. The molecule has 1 nitrogen and oxygen atoms in total. The highest BCUT2D eigenvalue weighted by molar-refractivity contribution is 6.33. The molecule has 0 spiro atoms. The fourth-order valence-electron chi connectivity index (χ4n) is 4.53. The zero-order valence-electron chi connectivity index (χ0n) is 9.95. The van der Waals surface area contributed by atoms with Crippen molar-refractivity contribution in [1.29, 1.82) is 0 Å². The van der Waals surface area contributed by atoms with Gasteiger partial charge in [0.05, 0.1) is 10.7 Å². The molecule has 3 aliphatic rings. The molecule has 4 unspecified atom stereocenters. The van der Waals surface area contributed by atoms with Crippen LogP contribution in [0.3, 0.4) is 0 Å². The molecular weight excluding hydrogens is 230 g/mol. The summed E-state index contributed by atoms with van der Waals surface area (Å²) >= 11 is 6.26. The van der Waals surface area contributed by atoms with Crippen molar-refractivity contribution in [3.63, 3.8) is 0 Å². The van der Waals surface area contributed by atoms with Crippen LogP contribution >= 0.6 is 11.6 Å². The van der Waals surface area contributed by atoms with Gasteiger partial charge in [0.2, 0.25) is 0 Å². The van der Waals surface area contributed by atoms with Gasteiger partial charge in [0.25, 0.3) is 0 Å². The SMILES string of the molecule is Clc1cccc2c1NCC2C1CC2CCC1C2. The molecule has 1 aromatic rings. The summed E-state index contributed by atoms with van der Waals surface area (Å²) in [6.45, 7) is 1.10. The Labute approximate surface area is 108 Å². The van der Waals surface area contributed by atoms with Crippen LogP contribution in [-0.2, 0) is 0 Å². The van der Waals surface area contributed by atoms with Gasteiger partial charge in [-0.25, -0.2) is 0 Å². The van der Waals surface area contributed by atoms with Crippen molar-refractivity contribution < 1.29 is 0 Å². The predicted octanol–water partition coefficient (Wildman–Crippen LogP) is 4.29. The van der Waals surface area contributed by atoms with Crippen LogP contribution in [-0.4, -0.2) is 6.54 Å². The Hall–Kier alpha value is -0.690. The van der Waals surface area contributed by atoms with Crippen molar-refractivity contribution in [2.24, 2.45) is 17.8 Å². The summed E-state index contributed by atoms with van der Waals surface area (Å²) in [7, 11) is 0. The van der Waals surface area contributed by atoms with Crippen LogP contribution in [0.4, 0.5) is 5.69 Å². The summed E-state index contributed by atoms with van der Waals surface area (Å²) in [5.41, 5.74) is 2.69. The monoisotopic (exact) mass is 247 g/mol. The van der Waals surface area contributed by atoms with Crippen LogP contribution in [0.1, 0.15) is 37.2 Å². The molecule has 0 saturated heterocycles. The number of halogens is 1. The molecule has 17 heavy (non-hydrogen) atoms. The molecule has 2 saturated carbocycles. The Balaban J connectivity index is 1.68. The van der Waals surface area contributed by atoms with Crippen LogP contribution < -0.4 is 5.32 Å². The third kappa shape index (κ3) is 1.45. The van der Waals surface area contributed by atoms with E-state index in [1.807, 2.05) is 6.07 Å². The number of rotatable bonds is 1. The fraction of sp³-hybridized carbons (Fsp3) is 0.600. The van der Waals surface area contributed by atoms with E-state index in [-0.39, 0.29) is 0 Å². The molecule has 0 aromatic heterocycles. The molecule has 1 N–H and O–H groups in total. The predicted molar refractivity (Wildman–Crippen MR) is 71.6 cm³/mol. The number of nitrogens with one attached hydrogen (secondary N) is 1. The molecule has 1 aromatic carbocycles. The molecule has 4 rings (SSSR count). The van der Waals surface area contributed by atoms with E-state index in [9.17, 15) is 0 Å². The van der Waals surface area contributed by atoms with Crippen molar-refractivity contribution in [1.82, 2.24) is 0 Å². The Bertz CT molecular complexity index is 456. The summed E-state index contributed by atoms with van der Waals surface area (Å²) in [5, 5.41) is 4.42. The van der Waals surface area contributed by atoms with Crippen LogP contribution in [0.25, 0.3) is 0 Å². The summed E-state index contributed by atoms with van der Waals surface area (Å²) in [4.78, 5) is 0. The van der Waals surface area contributed by atoms with Gasteiger partial charge in [0.15, 0.2) is 0 Å². The summed E-state index contributed by atoms with van der Waals surface area (Å²) < 4.78 is 0. The Morgan fingerprint density at radius 2 is 2.12 bits per heavy atom. The quantitative estimate of drug-likeness (QED) is 0.781. The first-order valence-electron chi connectivity index (χ1n) is 6.85. The number of benzene rings is 1. The molecule has 0 radical (unpaired) electrons. The molecule has 2 heteroatoms. The van der Waals surface area contributed by atoms with Gasteiger partial charge in [-0.3, -0.25) is 0 Å². The van der Waals surface area contributed by atoms with E-state index in [1.54, 1.807) is 0 Å². The van der Waals surface area contributed by atoms with Gasteiger partial charge in [-0.2, -0.15) is 0 Å². The van der Waals surface area contributed by atoms with Crippen molar-refractivity contribution in [2.75, 3.05) is 11.9 Å². The van der Waals surface area contributed by atoms with Gasteiger partial charge in [0.1, 0.15) is 0 Å². The zero-order chi connectivity index (χ0) is 11.4. The maximum atomic E-state index is 6.26. The van der Waals surface area contributed by atoms with Gasteiger partial charge in [-0.15, -0.1) is 0 Å². The largest absolute Gasteiger partial charge is 0.383 e. The molecular formula is C15H18ClN. The lowest BCUT2D eigenvalue weighted by atomic mass is 9.77. The Morgan fingerprint density at radius 1 is 1.18 bits per heavy atom. The van der Waals surface area contributed by atoms with E-state index in [0.29, 0.717) is 0 Å². The van der Waals surface area contributed by atoms with E-state index in [4.69, 9.17) is 11.6 Å². The van der Waals surface area contributed by atoms with Gasteiger partial charge in [0, 0.05) is 12.5 Å². The molecule has 4 atom stereocenters. The third-order valence-electron chi connectivity index (χ3n) is 5.25. The van der Waals surface area contributed by atoms with Gasteiger partial charge < -0.3 is 5.32 Å². The number of hydrogen-bond acceptors (Lipinski definition) is 1.